The molecule has 6 heteroatoms. The maximum Gasteiger partial charge on any atom is 0.378 e. The van der Waals surface area contributed by atoms with Gasteiger partial charge in [0.15, 0.2) is 18.2 Å². The Bertz CT molecular complexity index is 1620. The lowest BCUT2D eigenvalue weighted by Crippen LogP contribution is -2.15. The largest absolute Gasteiger partial charge is 0.451 e. The van der Waals surface area contributed by atoms with Crippen LogP contribution >= 0.6 is 0 Å². The zero-order valence-corrected chi connectivity index (χ0v) is 21.5. The van der Waals surface area contributed by atoms with Crippen LogP contribution in [0.1, 0.15) is 37.7 Å². The second kappa shape index (κ2) is 10.6. The molecule has 0 N–H and O–H groups in total. The fraction of sp³-hybridized carbons (Fsp3) is 0.125. The molecule has 0 saturated heterocycles. The first kappa shape index (κ1) is 24.8. The number of carbonyl (C=O) groups excluding carboxylic acids is 2. The molecule has 1 aromatic heterocycles. The molecule has 0 atom stereocenters. The minimum atomic E-state index is -0.754. The van der Waals surface area contributed by atoms with Gasteiger partial charge in [-0.1, -0.05) is 84.4 Å². The number of rotatable bonds is 7. The Morgan fingerprint density at radius 3 is 2.16 bits per heavy atom. The van der Waals surface area contributed by atoms with E-state index in [0.717, 1.165) is 39.1 Å². The third-order valence-corrected chi connectivity index (χ3v) is 6.45. The Kier molecular flexibility index (Phi) is 6.96. The van der Waals surface area contributed by atoms with Crippen LogP contribution in [0.25, 0.3) is 28.2 Å². The molecule has 0 unspecified atom stereocenters. The number of nitrogens with zero attached hydrogens (tertiary/aromatic N) is 3. The number of benzene rings is 4. The predicted molar refractivity (Wildman–Crippen MR) is 147 cm³/mol. The van der Waals surface area contributed by atoms with E-state index in [9.17, 15) is 9.59 Å². The Hall–Kier alpha value is -4.84. The van der Waals surface area contributed by atoms with E-state index in [1.54, 1.807) is 16.8 Å². The molecule has 0 amide bonds. The molecule has 5 aromatic rings. The van der Waals surface area contributed by atoms with Gasteiger partial charge in [0.05, 0.1) is 5.69 Å². The Morgan fingerprint density at radius 2 is 1.45 bits per heavy atom. The van der Waals surface area contributed by atoms with Gasteiger partial charge in [-0.15, -0.1) is 5.10 Å². The van der Waals surface area contributed by atoms with E-state index in [1.807, 2.05) is 106 Å². The van der Waals surface area contributed by atoms with Crippen molar-refractivity contribution in [2.45, 2.75) is 20.8 Å². The summed E-state index contributed by atoms with van der Waals surface area (Å²) in [5.41, 5.74) is 7.45. The first-order chi connectivity index (χ1) is 18.4. The highest BCUT2D eigenvalue weighted by molar-refractivity contribution is 5.99. The van der Waals surface area contributed by atoms with Gasteiger partial charge in [0.25, 0.3) is 5.82 Å². The molecule has 6 nitrogen and oxygen atoms in total. The Balaban J connectivity index is 1.36. The number of aryl methyl sites for hydroxylation is 3. The van der Waals surface area contributed by atoms with Crippen molar-refractivity contribution < 1.29 is 14.3 Å². The van der Waals surface area contributed by atoms with Crippen LogP contribution in [0.4, 0.5) is 0 Å². The predicted octanol–water partition coefficient (Wildman–Crippen LogP) is 6.57. The van der Waals surface area contributed by atoms with E-state index >= 15 is 0 Å². The van der Waals surface area contributed by atoms with Gasteiger partial charge in [0.1, 0.15) is 0 Å². The van der Waals surface area contributed by atoms with Crippen molar-refractivity contribution in [2.75, 3.05) is 6.61 Å². The van der Waals surface area contributed by atoms with Crippen molar-refractivity contribution in [2.24, 2.45) is 0 Å². The molecule has 0 aliphatic carbocycles. The summed E-state index contributed by atoms with van der Waals surface area (Å²) in [6.07, 6.45) is 0. The van der Waals surface area contributed by atoms with Gasteiger partial charge in [-0.05, 0) is 61.2 Å². The first-order valence-electron chi connectivity index (χ1n) is 12.4. The van der Waals surface area contributed by atoms with E-state index in [0.29, 0.717) is 11.4 Å². The van der Waals surface area contributed by atoms with Crippen LogP contribution in [0.5, 0.6) is 0 Å². The molecule has 0 aliphatic heterocycles. The Morgan fingerprint density at radius 1 is 0.737 bits per heavy atom. The van der Waals surface area contributed by atoms with Gasteiger partial charge in [0, 0.05) is 11.1 Å². The fourth-order valence-corrected chi connectivity index (χ4v) is 4.17. The second-order valence-electron chi connectivity index (χ2n) is 9.25. The van der Waals surface area contributed by atoms with Crippen LogP contribution in [0.15, 0.2) is 97.1 Å². The zero-order valence-electron chi connectivity index (χ0n) is 21.5. The highest BCUT2D eigenvalue weighted by Gasteiger charge is 2.21. The maximum atomic E-state index is 12.9. The van der Waals surface area contributed by atoms with Crippen LogP contribution in [-0.4, -0.2) is 33.1 Å². The molecule has 38 heavy (non-hydrogen) atoms. The van der Waals surface area contributed by atoms with Gasteiger partial charge in [-0.25, -0.2) is 14.5 Å². The molecular formula is C32H27N3O3. The van der Waals surface area contributed by atoms with Gasteiger partial charge in [-0.2, -0.15) is 0 Å². The summed E-state index contributed by atoms with van der Waals surface area (Å²) in [7, 11) is 0. The maximum absolute atomic E-state index is 12.9. The lowest BCUT2D eigenvalue weighted by molar-refractivity contribution is 0.0462. The molecule has 0 spiro atoms. The van der Waals surface area contributed by atoms with Crippen molar-refractivity contribution in [1.82, 2.24) is 14.8 Å². The number of ketones is 1. The lowest BCUT2D eigenvalue weighted by Gasteiger charge is -2.08. The molecule has 4 aromatic carbocycles. The van der Waals surface area contributed by atoms with E-state index in [-0.39, 0.29) is 11.6 Å². The van der Waals surface area contributed by atoms with Crippen LogP contribution in [0.2, 0.25) is 0 Å². The first-order valence-corrected chi connectivity index (χ1v) is 12.4. The van der Waals surface area contributed by atoms with Crippen LogP contribution < -0.4 is 0 Å². The van der Waals surface area contributed by atoms with Gasteiger partial charge in [0.2, 0.25) is 0 Å². The second-order valence-corrected chi connectivity index (χ2v) is 9.25. The average Bonchev–Trinajstić information content (AvgIpc) is 3.39. The van der Waals surface area contributed by atoms with E-state index in [4.69, 9.17) is 4.74 Å². The molecule has 0 aliphatic rings. The highest BCUT2D eigenvalue weighted by atomic mass is 16.5. The van der Waals surface area contributed by atoms with Crippen molar-refractivity contribution in [3.05, 3.63) is 125 Å². The molecule has 188 valence electrons. The van der Waals surface area contributed by atoms with Gasteiger partial charge in [-0.3, -0.25) is 4.79 Å². The normalized spacial score (nSPS) is 10.8. The number of Topliss-reactive ketones (excluding diaryl/α,β-unsaturated/α-hetero) is 1. The summed E-state index contributed by atoms with van der Waals surface area (Å²) in [6, 6.07) is 30.9. The number of carbonyl (C=O) groups is 2. The summed E-state index contributed by atoms with van der Waals surface area (Å²) in [4.78, 5) is 30.2. The number of hydrogen-bond donors (Lipinski definition) is 0. The van der Waals surface area contributed by atoms with Crippen LogP contribution in [-0.2, 0) is 4.74 Å². The summed E-state index contributed by atoms with van der Waals surface area (Å²) in [6.45, 7) is 5.65. The number of hydrogen-bond acceptors (Lipinski definition) is 5. The number of aromatic nitrogens is 3. The quantitative estimate of drug-likeness (QED) is 0.186. The van der Waals surface area contributed by atoms with Crippen molar-refractivity contribution >= 4 is 11.8 Å². The molecule has 0 radical (unpaired) electrons. The van der Waals surface area contributed by atoms with Crippen molar-refractivity contribution in [3.8, 4) is 28.2 Å². The molecule has 0 fully saturated rings. The van der Waals surface area contributed by atoms with E-state index < -0.39 is 12.6 Å². The Labute approximate surface area is 221 Å². The monoisotopic (exact) mass is 501 g/mol. The molecule has 5 rings (SSSR count). The van der Waals surface area contributed by atoms with E-state index in [2.05, 4.69) is 10.1 Å². The summed E-state index contributed by atoms with van der Waals surface area (Å²) < 4.78 is 6.98. The highest BCUT2D eigenvalue weighted by Crippen LogP contribution is 2.24. The van der Waals surface area contributed by atoms with Crippen LogP contribution in [0, 0.1) is 20.8 Å². The minimum absolute atomic E-state index is 0.105. The molecule has 1 heterocycles. The summed E-state index contributed by atoms with van der Waals surface area (Å²) in [5, 5.41) is 4.47. The smallest absolute Gasteiger partial charge is 0.378 e. The fourth-order valence-electron chi connectivity index (χ4n) is 4.17. The number of ether oxygens (including phenoxy) is 1. The molecule has 0 saturated carbocycles. The summed E-state index contributed by atoms with van der Waals surface area (Å²) >= 11 is 0. The summed E-state index contributed by atoms with van der Waals surface area (Å²) in [5.74, 6) is -0.639. The number of esters is 1. The molecular weight excluding hydrogens is 474 g/mol. The average molecular weight is 502 g/mol. The topological polar surface area (TPSA) is 74.1 Å². The van der Waals surface area contributed by atoms with Gasteiger partial charge < -0.3 is 4.74 Å². The van der Waals surface area contributed by atoms with Crippen molar-refractivity contribution in [1.29, 1.82) is 0 Å². The van der Waals surface area contributed by atoms with Crippen LogP contribution in [0.3, 0.4) is 0 Å². The van der Waals surface area contributed by atoms with Crippen molar-refractivity contribution in [3.63, 3.8) is 0 Å². The third-order valence-electron chi connectivity index (χ3n) is 6.45. The zero-order chi connectivity index (χ0) is 26.6. The standard InChI is InChI=1S/C32H27N3O3/c1-21-8-7-11-27(18-21)31-33-30(34-35(31)28-17-12-22(2)23(3)19-28)32(37)38-20-29(36)26-15-13-25(14-16-26)24-9-5-4-6-10-24/h4-19H,20H2,1-3H3. The molecule has 0 bridgehead atoms. The third kappa shape index (κ3) is 5.30. The lowest BCUT2D eigenvalue weighted by atomic mass is 10.0. The minimum Gasteiger partial charge on any atom is -0.451 e. The van der Waals surface area contributed by atoms with Gasteiger partial charge >= 0.3 is 5.97 Å². The van der Waals surface area contributed by atoms with E-state index in [1.165, 1.54) is 0 Å². The SMILES string of the molecule is Cc1cccc(-c2nc(C(=O)OCC(=O)c3ccc(-c4ccccc4)cc3)nn2-c2ccc(C)c(C)c2)c1.